The van der Waals surface area contributed by atoms with E-state index in [4.69, 9.17) is 5.73 Å². The molecule has 0 saturated carbocycles. The average Bonchev–Trinajstić information content (AvgIpc) is 2.25. The summed E-state index contributed by atoms with van der Waals surface area (Å²) in [6.45, 7) is 1.72. The van der Waals surface area contributed by atoms with Gasteiger partial charge in [-0.15, -0.1) is 0 Å². The second-order valence-electron chi connectivity index (χ2n) is 3.54. The van der Waals surface area contributed by atoms with E-state index < -0.39 is 0 Å². The molecule has 82 valence electrons. The van der Waals surface area contributed by atoms with Crippen LogP contribution in [0.15, 0.2) is 36.7 Å². The van der Waals surface area contributed by atoms with Gasteiger partial charge in [0.15, 0.2) is 0 Å². The van der Waals surface area contributed by atoms with Crippen LogP contribution >= 0.6 is 0 Å². The number of nitrogens with zero attached hydrogens (tertiary/aromatic N) is 1. The molecule has 1 aromatic carbocycles. The number of hydrogen-bond donors (Lipinski definition) is 2. The maximum Gasteiger partial charge on any atom is 0.128 e. The number of aromatic nitrogens is 1. The monoisotopic (exact) mass is 217 g/mol. The highest BCUT2D eigenvalue weighted by molar-refractivity contribution is 5.64. The van der Waals surface area contributed by atoms with Gasteiger partial charge in [0.25, 0.3) is 0 Å². The van der Waals surface area contributed by atoms with Gasteiger partial charge in [0.1, 0.15) is 5.82 Å². The Morgan fingerprint density at radius 2 is 2.12 bits per heavy atom. The Labute approximate surface area is 93.1 Å². The lowest BCUT2D eigenvalue weighted by molar-refractivity contribution is 0.619. The topological polar surface area (TPSA) is 50.9 Å². The largest absolute Gasteiger partial charge is 0.397 e. The average molecular weight is 217 g/mol. The molecule has 0 saturated heterocycles. The molecule has 2 aromatic rings. The fraction of sp³-hybridized carbons (Fsp3) is 0.0833. The minimum Gasteiger partial charge on any atom is -0.397 e. The quantitative estimate of drug-likeness (QED) is 0.813. The lowest BCUT2D eigenvalue weighted by Gasteiger charge is -2.09. The molecule has 3 nitrogen and oxygen atoms in total. The van der Waals surface area contributed by atoms with E-state index in [1.54, 1.807) is 31.5 Å². The van der Waals surface area contributed by atoms with Crippen molar-refractivity contribution in [1.82, 2.24) is 4.98 Å². The molecular weight excluding hydrogens is 205 g/mol. The summed E-state index contributed by atoms with van der Waals surface area (Å²) in [7, 11) is 0. The minimum atomic E-state index is -0.234. The third kappa shape index (κ3) is 2.11. The van der Waals surface area contributed by atoms with Crippen LogP contribution in [-0.4, -0.2) is 4.98 Å². The fourth-order valence-electron chi connectivity index (χ4n) is 1.42. The number of nitrogen functional groups attached to an aromatic ring is 1. The molecule has 4 heteroatoms. The molecule has 0 spiro atoms. The van der Waals surface area contributed by atoms with Crippen LogP contribution in [0, 0.1) is 12.7 Å². The summed E-state index contributed by atoms with van der Waals surface area (Å²) in [6, 6.07) is 6.64. The first kappa shape index (κ1) is 10.4. The number of hydrogen-bond acceptors (Lipinski definition) is 3. The Morgan fingerprint density at radius 1 is 1.31 bits per heavy atom. The lowest BCUT2D eigenvalue weighted by Crippen LogP contribution is -1.96. The molecule has 0 fully saturated rings. The van der Waals surface area contributed by atoms with Crippen molar-refractivity contribution >= 4 is 17.1 Å². The maximum atomic E-state index is 13.3. The van der Waals surface area contributed by atoms with Gasteiger partial charge in [-0.1, -0.05) is 6.07 Å². The highest BCUT2D eigenvalue weighted by atomic mass is 19.1. The third-order valence-electron chi connectivity index (χ3n) is 2.31. The predicted molar refractivity (Wildman–Crippen MR) is 63.1 cm³/mol. The minimum absolute atomic E-state index is 0.234. The Bertz CT molecular complexity index is 511. The van der Waals surface area contributed by atoms with Gasteiger partial charge in [0.05, 0.1) is 17.6 Å². The zero-order valence-corrected chi connectivity index (χ0v) is 8.87. The van der Waals surface area contributed by atoms with Crippen LogP contribution in [0.1, 0.15) is 5.56 Å². The van der Waals surface area contributed by atoms with Crippen molar-refractivity contribution in [2.45, 2.75) is 6.92 Å². The van der Waals surface area contributed by atoms with Crippen LogP contribution < -0.4 is 11.1 Å². The molecule has 0 aliphatic rings. The fourth-order valence-corrected chi connectivity index (χ4v) is 1.42. The van der Waals surface area contributed by atoms with Gasteiger partial charge in [-0.2, -0.15) is 0 Å². The second kappa shape index (κ2) is 4.18. The van der Waals surface area contributed by atoms with E-state index in [1.807, 2.05) is 6.07 Å². The van der Waals surface area contributed by atoms with Gasteiger partial charge < -0.3 is 11.1 Å². The summed E-state index contributed by atoms with van der Waals surface area (Å²) in [5.74, 6) is -0.234. The summed E-state index contributed by atoms with van der Waals surface area (Å²) in [6.07, 6.45) is 3.20. The number of benzene rings is 1. The van der Waals surface area contributed by atoms with Crippen molar-refractivity contribution in [2.75, 3.05) is 11.1 Å². The van der Waals surface area contributed by atoms with E-state index in [0.29, 0.717) is 16.9 Å². The Kier molecular flexibility index (Phi) is 2.72. The maximum absolute atomic E-state index is 13.3. The first-order chi connectivity index (χ1) is 7.66. The zero-order chi connectivity index (χ0) is 11.5. The summed E-state index contributed by atoms with van der Waals surface area (Å²) >= 11 is 0. The smallest absolute Gasteiger partial charge is 0.128 e. The molecule has 0 amide bonds. The van der Waals surface area contributed by atoms with Crippen LogP contribution in [0.3, 0.4) is 0 Å². The predicted octanol–water partition coefficient (Wildman–Crippen LogP) is 2.85. The molecule has 0 aliphatic heterocycles. The highest BCUT2D eigenvalue weighted by Crippen LogP contribution is 2.22. The zero-order valence-electron chi connectivity index (χ0n) is 8.87. The molecule has 0 radical (unpaired) electrons. The SMILES string of the molecule is Cc1c(F)cccc1Nc1cncc(N)c1. The van der Waals surface area contributed by atoms with Crippen molar-refractivity contribution in [3.8, 4) is 0 Å². The van der Waals surface area contributed by atoms with Crippen molar-refractivity contribution in [1.29, 1.82) is 0 Å². The molecule has 16 heavy (non-hydrogen) atoms. The first-order valence-electron chi connectivity index (χ1n) is 4.89. The van der Waals surface area contributed by atoms with Gasteiger partial charge in [-0.05, 0) is 25.1 Å². The van der Waals surface area contributed by atoms with Crippen LogP contribution in [0.5, 0.6) is 0 Å². The van der Waals surface area contributed by atoms with Crippen LogP contribution in [0.4, 0.5) is 21.5 Å². The summed E-state index contributed by atoms with van der Waals surface area (Å²) in [5.41, 5.74) is 8.21. The van der Waals surface area contributed by atoms with Gasteiger partial charge in [-0.3, -0.25) is 4.98 Å². The number of pyridine rings is 1. The summed E-state index contributed by atoms with van der Waals surface area (Å²) < 4.78 is 13.3. The van der Waals surface area contributed by atoms with Gasteiger partial charge in [0, 0.05) is 17.4 Å². The van der Waals surface area contributed by atoms with E-state index in [0.717, 1.165) is 5.69 Å². The Hall–Kier alpha value is -2.10. The third-order valence-corrected chi connectivity index (χ3v) is 2.31. The van der Waals surface area contributed by atoms with Crippen molar-refractivity contribution < 1.29 is 4.39 Å². The van der Waals surface area contributed by atoms with Crippen molar-refractivity contribution in [3.05, 3.63) is 48.0 Å². The number of nitrogens with two attached hydrogens (primary N) is 1. The van der Waals surface area contributed by atoms with E-state index in [2.05, 4.69) is 10.3 Å². The summed E-state index contributed by atoms with van der Waals surface area (Å²) in [4.78, 5) is 3.95. The highest BCUT2D eigenvalue weighted by Gasteiger charge is 2.03. The van der Waals surface area contributed by atoms with Crippen LogP contribution in [-0.2, 0) is 0 Å². The molecule has 1 aromatic heterocycles. The number of anilines is 3. The normalized spacial score (nSPS) is 10.1. The number of nitrogens with one attached hydrogen (secondary N) is 1. The van der Waals surface area contributed by atoms with E-state index in [-0.39, 0.29) is 5.82 Å². The van der Waals surface area contributed by atoms with Gasteiger partial charge in [-0.25, -0.2) is 4.39 Å². The summed E-state index contributed by atoms with van der Waals surface area (Å²) in [5, 5.41) is 3.07. The molecule has 3 N–H and O–H groups in total. The van der Waals surface area contributed by atoms with Crippen molar-refractivity contribution in [2.24, 2.45) is 0 Å². The van der Waals surface area contributed by atoms with E-state index in [1.165, 1.54) is 6.07 Å². The molecule has 1 heterocycles. The Balaban J connectivity index is 2.31. The molecule has 0 atom stereocenters. The van der Waals surface area contributed by atoms with E-state index >= 15 is 0 Å². The molecular formula is C12H12FN3. The van der Waals surface area contributed by atoms with Crippen LogP contribution in [0.2, 0.25) is 0 Å². The number of rotatable bonds is 2. The van der Waals surface area contributed by atoms with Crippen molar-refractivity contribution in [3.63, 3.8) is 0 Å². The second-order valence-corrected chi connectivity index (χ2v) is 3.54. The van der Waals surface area contributed by atoms with Gasteiger partial charge in [0.2, 0.25) is 0 Å². The van der Waals surface area contributed by atoms with Crippen LogP contribution in [0.25, 0.3) is 0 Å². The first-order valence-corrected chi connectivity index (χ1v) is 4.89. The standard InChI is InChI=1S/C12H12FN3/c1-8-11(13)3-2-4-12(8)16-10-5-9(14)6-15-7-10/h2-7,16H,14H2,1H3. The molecule has 0 unspecified atom stereocenters. The number of halogens is 1. The molecule has 0 aliphatic carbocycles. The lowest BCUT2D eigenvalue weighted by atomic mass is 10.2. The van der Waals surface area contributed by atoms with E-state index in [9.17, 15) is 4.39 Å². The molecule has 0 bridgehead atoms. The Morgan fingerprint density at radius 3 is 2.88 bits per heavy atom. The molecule has 2 rings (SSSR count). The van der Waals surface area contributed by atoms with Gasteiger partial charge >= 0.3 is 0 Å².